The van der Waals surface area contributed by atoms with Gasteiger partial charge in [-0.15, -0.1) is 0 Å². The van der Waals surface area contributed by atoms with Crippen LogP contribution in [-0.4, -0.2) is 18.0 Å². The summed E-state index contributed by atoms with van der Waals surface area (Å²) in [5, 5.41) is 0. The van der Waals surface area contributed by atoms with Gasteiger partial charge in [0.15, 0.2) is 5.78 Å². The molecule has 17 heavy (non-hydrogen) atoms. The molecule has 2 rings (SSSR count). The van der Waals surface area contributed by atoms with Gasteiger partial charge in [0.2, 0.25) is 0 Å². The summed E-state index contributed by atoms with van der Waals surface area (Å²) < 4.78 is 5.50. The lowest BCUT2D eigenvalue weighted by Gasteiger charge is -2.32. The fourth-order valence-corrected chi connectivity index (χ4v) is 2.46. The molecule has 0 saturated carbocycles. The van der Waals surface area contributed by atoms with Gasteiger partial charge in [-0.3, -0.25) is 4.79 Å². The van der Waals surface area contributed by atoms with Crippen LogP contribution >= 0.6 is 0 Å². The van der Waals surface area contributed by atoms with Crippen molar-refractivity contribution >= 4 is 5.78 Å². The minimum absolute atomic E-state index is 0.207. The molecule has 2 nitrogen and oxygen atoms in total. The minimum atomic E-state index is -0.640. The average molecular weight is 232 g/mol. The van der Waals surface area contributed by atoms with Gasteiger partial charge < -0.3 is 4.74 Å². The molecule has 0 fully saturated rings. The lowest BCUT2D eigenvalue weighted by molar-refractivity contribution is -0.140. The van der Waals surface area contributed by atoms with Crippen LogP contribution in [0.2, 0.25) is 0 Å². The highest BCUT2D eigenvalue weighted by molar-refractivity contribution is 5.87. The molecule has 1 unspecified atom stereocenters. The Morgan fingerprint density at radius 1 is 1.41 bits per heavy atom. The van der Waals surface area contributed by atoms with Crippen molar-refractivity contribution in [2.45, 2.75) is 45.1 Å². The normalized spacial score (nSPS) is 18.4. The van der Waals surface area contributed by atoms with Crippen molar-refractivity contribution in [3.05, 3.63) is 35.4 Å². The third kappa shape index (κ3) is 2.42. The van der Waals surface area contributed by atoms with Crippen LogP contribution in [0.3, 0.4) is 0 Å². The van der Waals surface area contributed by atoms with Crippen molar-refractivity contribution in [3.8, 4) is 0 Å². The number of Topliss-reactive ketones (excluding diaryl/α,β-unsaturated/α-hetero) is 1. The third-order valence-electron chi connectivity index (χ3n) is 3.57. The van der Waals surface area contributed by atoms with Crippen LogP contribution < -0.4 is 0 Å². The maximum Gasteiger partial charge on any atom is 0.164 e. The number of rotatable bonds is 5. The number of fused-ring (bicyclic) bond motifs is 1. The fourth-order valence-electron chi connectivity index (χ4n) is 2.46. The molecule has 0 N–H and O–H groups in total. The van der Waals surface area contributed by atoms with Crippen LogP contribution in [0.1, 0.15) is 44.2 Å². The first-order valence-corrected chi connectivity index (χ1v) is 6.29. The molecule has 0 amide bonds. The predicted octanol–water partition coefficient (Wildman–Crippen LogP) is 3.10. The summed E-state index contributed by atoms with van der Waals surface area (Å²) in [6, 6.07) is 8.37. The van der Waals surface area contributed by atoms with E-state index in [0.717, 1.165) is 6.42 Å². The van der Waals surface area contributed by atoms with Crippen LogP contribution in [0.25, 0.3) is 0 Å². The van der Waals surface area contributed by atoms with Crippen molar-refractivity contribution < 1.29 is 9.53 Å². The van der Waals surface area contributed by atoms with E-state index in [1.165, 1.54) is 11.1 Å². The highest BCUT2D eigenvalue weighted by atomic mass is 16.5. The highest BCUT2D eigenvalue weighted by Gasteiger charge is 2.34. The Bertz CT molecular complexity index is 421. The van der Waals surface area contributed by atoms with Crippen molar-refractivity contribution in [2.24, 2.45) is 0 Å². The fraction of sp³-hybridized carbons (Fsp3) is 0.533. The molecule has 1 atom stereocenters. The van der Waals surface area contributed by atoms with E-state index >= 15 is 0 Å². The van der Waals surface area contributed by atoms with Gasteiger partial charge in [-0.25, -0.2) is 0 Å². The maximum atomic E-state index is 12.1. The summed E-state index contributed by atoms with van der Waals surface area (Å²) >= 11 is 0. The molecule has 0 aliphatic heterocycles. The van der Waals surface area contributed by atoms with Gasteiger partial charge in [-0.1, -0.05) is 24.3 Å². The Balaban J connectivity index is 1.99. The van der Waals surface area contributed by atoms with Gasteiger partial charge in [0, 0.05) is 13.0 Å². The van der Waals surface area contributed by atoms with E-state index in [-0.39, 0.29) is 5.78 Å². The van der Waals surface area contributed by atoms with E-state index in [9.17, 15) is 4.79 Å². The molecular formula is C15H20O2. The quantitative estimate of drug-likeness (QED) is 0.779. The second-order valence-corrected chi connectivity index (χ2v) is 5.17. The Morgan fingerprint density at radius 3 is 2.76 bits per heavy atom. The Morgan fingerprint density at radius 2 is 2.12 bits per heavy atom. The molecule has 0 bridgehead atoms. The lowest BCUT2D eigenvalue weighted by atomic mass is 9.74. The van der Waals surface area contributed by atoms with Crippen molar-refractivity contribution in [3.63, 3.8) is 0 Å². The molecule has 0 heterocycles. The molecule has 0 spiro atoms. The predicted molar refractivity (Wildman–Crippen MR) is 68.2 cm³/mol. The zero-order valence-corrected chi connectivity index (χ0v) is 10.8. The van der Waals surface area contributed by atoms with Gasteiger partial charge in [0.1, 0.15) is 5.60 Å². The summed E-state index contributed by atoms with van der Waals surface area (Å²) in [7, 11) is 0. The molecule has 0 aromatic heterocycles. The van der Waals surface area contributed by atoms with Crippen LogP contribution in [0.5, 0.6) is 0 Å². The Labute approximate surface area is 103 Å². The molecule has 0 radical (unpaired) electrons. The smallest absolute Gasteiger partial charge is 0.164 e. The molecule has 92 valence electrons. The van der Waals surface area contributed by atoms with Gasteiger partial charge in [0.25, 0.3) is 0 Å². The molecule has 1 aromatic carbocycles. The number of ketones is 1. The van der Waals surface area contributed by atoms with E-state index in [2.05, 4.69) is 18.2 Å². The molecule has 1 aliphatic carbocycles. The van der Waals surface area contributed by atoms with Gasteiger partial charge >= 0.3 is 0 Å². The van der Waals surface area contributed by atoms with E-state index in [1.807, 2.05) is 26.8 Å². The summed E-state index contributed by atoms with van der Waals surface area (Å²) in [5.41, 5.74) is 2.09. The monoisotopic (exact) mass is 232 g/mol. The Kier molecular flexibility index (Phi) is 3.34. The van der Waals surface area contributed by atoms with E-state index in [1.54, 1.807) is 0 Å². The minimum Gasteiger partial charge on any atom is -0.368 e. The molecular weight excluding hydrogens is 212 g/mol. The standard InChI is InChI=1S/C15H20O2/c1-4-17-15(2,3)14(16)10-12-9-11-7-5-6-8-13(11)12/h5-8,12H,4,9-10H2,1-3H3. The number of carbonyl (C=O) groups is 1. The van der Waals surface area contributed by atoms with E-state index in [4.69, 9.17) is 4.74 Å². The number of benzene rings is 1. The van der Waals surface area contributed by atoms with Crippen LogP contribution in [0.15, 0.2) is 24.3 Å². The van der Waals surface area contributed by atoms with Gasteiger partial charge in [-0.2, -0.15) is 0 Å². The largest absolute Gasteiger partial charge is 0.368 e. The lowest BCUT2D eigenvalue weighted by Crippen LogP contribution is -2.37. The molecule has 0 saturated heterocycles. The van der Waals surface area contributed by atoms with Crippen LogP contribution in [0, 0.1) is 0 Å². The number of hydrogen-bond donors (Lipinski definition) is 0. The van der Waals surface area contributed by atoms with E-state index in [0.29, 0.717) is 18.9 Å². The molecule has 2 heteroatoms. The average Bonchev–Trinajstić information content (AvgIpc) is 2.25. The van der Waals surface area contributed by atoms with Gasteiger partial charge in [-0.05, 0) is 44.2 Å². The SMILES string of the molecule is CCOC(C)(C)C(=O)CC1Cc2ccccc21. The zero-order valence-electron chi connectivity index (χ0n) is 10.8. The van der Waals surface area contributed by atoms with Gasteiger partial charge in [0.05, 0.1) is 0 Å². The first kappa shape index (κ1) is 12.3. The van der Waals surface area contributed by atoms with E-state index < -0.39 is 5.60 Å². The summed E-state index contributed by atoms with van der Waals surface area (Å²) in [4.78, 5) is 12.1. The number of hydrogen-bond acceptors (Lipinski definition) is 2. The highest BCUT2D eigenvalue weighted by Crippen LogP contribution is 2.38. The van der Waals surface area contributed by atoms with Crippen molar-refractivity contribution in [2.75, 3.05) is 6.61 Å². The first-order chi connectivity index (χ1) is 8.04. The van der Waals surface area contributed by atoms with Crippen molar-refractivity contribution in [1.82, 2.24) is 0 Å². The zero-order chi connectivity index (χ0) is 12.5. The number of carbonyl (C=O) groups excluding carboxylic acids is 1. The second kappa shape index (κ2) is 4.61. The second-order valence-electron chi connectivity index (χ2n) is 5.17. The van der Waals surface area contributed by atoms with Crippen molar-refractivity contribution in [1.29, 1.82) is 0 Å². The molecule has 1 aromatic rings. The molecule has 1 aliphatic rings. The number of ether oxygens (including phenoxy) is 1. The van der Waals surface area contributed by atoms with Crippen LogP contribution in [-0.2, 0) is 16.0 Å². The summed E-state index contributed by atoms with van der Waals surface area (Å²) in [6.45, 7) is 6.24. The third-order valence-corrected chi connectivity index (χ3v) is 3.57. The summed E-state index contributed by atoms with van der Waals surface area (Å²) in [6.07, 6.45) is 1.63. The topological polar surface area (TPSA) is 26.3 Å². The summed E-state index contributed by atoms with van der Waals surface area (Å²) in [5.74, 6) is 0.609. The maximum absolute atomic E-state index is 12.1. The first-order valence-electron chi connectivity index (χ1n) is 6.29. The van der Waals surface area contributed by atoms with Crippen LogP contribution in [0.4, 0.5) is 0 Å². The Hall–Kier alpha value is -1.15.